The van der Waals surface area contributed by atoms with Gasteiger partial charge in [-0.25, -0.2) is 4.98 Å². The first-order valence-corrected chi connectivity index (χ1v) is 8.01. The third-order valence-corrected chi connectivity index (χ3v) is 5.17. The van der Waals surface area contributed by atoms with Crippen LogP contribution in [0.25, 0.3) is 11.0 Å². The topological polar surface area (TPSA) is 38.1 Å². The van der Waals surface area contributed by atoms with Crippen LogP contribution in [0.5, 0.6) is 5.75 Å². The molecule has 5 heteroatoms. The van der Waals surface area contributed by atoms with Crippen LogP contribution in [0.3, 0.4) is 0 Å². The molecule has 1 unspecified atom stereocenters. The van der Waals surface area contributed by atoms with Crippen LogP contribution >= 0.6 is 23.2 Å². The molecule has 1 aliphatic rings. The van der Waals surface area contributed by atoms with Gasteiger partial charge in [0.05, 0.1) is 10.5 Å². The molecule has 1 aliphatic heterocycles. The van der Waals surface area contributed by atoms with Crippen molar-refractivity contribution in [3.8, 4) is 5.75 Å². The van der Waals surface area contributed by atoms with E-state index in [9.17, 15) is 5.11 Å². The lowest BCUT2D eigenvalue weighted by molar-refractivity contribution is 0.473. The molecule has 3 nitrogen and oxygen atoms in total. The average molecular weight is 333 g/mol. The fourth-order valence-corrected chi connectivity index (χ4v) is 3.59. The summed E-state index contributed by atoms with van der Waals surface area (Å²) in [6.45, 7) is 0.864. The maximum atomic E-state index is 10.2. The lowest BCUT2D eigenvalue weighted by Gasteiger charge is -2.24. The second-order valence-electron chi connectivity index (χ2n) is 5.67. The number of imidazole rings is 1. The van der Waals surface area contributed by atoms with Crippen molar-refractivity contribution in [2.24, 2.45) is 0 Å². The summed E-state index contributed by atoms with van der Waals surface area (Å²) < 4.78 is 2.14. The number of aromatic hydroxyl groups is 1. The average Bonchev–Trinajstić information content (AvgIpc) is 2.91. The monoisotopic (exact) mass is 332 g/mol. The second-order valence-corrected chi connectivity index (χ2v) is 6.45. The van der Waals surface area contributed by atoms with Gasteiger partial charge >= 0.3 is 0 Å². The highest BCUT2D eigenvalue weighted by molar-refractivity contribution is 6.44. The van der Waals surface area contributed by atoms with E-state index < -0.39 is 0 Å². The quantitative estimate of drug-likeness (QED) is 0.696. The molecular weight excluding hydrogens is 319 g/mol. The van der Waals surface area contributed by atoms with E-state index in [4.69, 9.17) is 23.2 Å². The molecule has 4 rings (SSSR count). The van der Waals surface area contributed by atoms with E-state index >= 15 is 0 Å². The summed E-state index contributed by atoms with van der Waals surface area (Å²) in [5.74, 6) is 1.41. The maximum absolute atomic E-state index is 10.2. The lowest BCUT2D eigenvalue weighted by Crippen LogP contribution is -2.18. The molecule has 1 N–H and O–H groups in total. The van der Waals surface area contributed by atoms with Crippen molar-refractivity contribution in [3.05, 3.63) is 57.8 Å². The van der Waals surface area contributed by atoms with Crippen LogP contribution in [0.4, 0.5) is 0 Å². The van der Waals surface area contributed by atoms with Crippen molar-refractivity contribution in [2.45, 2.75) is 25.3 Å². The minimum absolute atomic E-state index is 0.0256. The second kappa shape index (κ2) is 5.18. The SMILES string of the molecule is Oc1c(Cl)c(Cl)cc2c1nc1n2CCC(c2ccccc2)C1. The number of hydrogen-bond acceptors (Lipinski definition) is 2. The zero-order valence-corrected chi connectivity index (χ0v) is 13.3. The van der Waals surface area contributed by atoms with Crippen LogP contribution in [0.1, 0.15) is 23.7 Å². The molecule has 1 atom stereocenters. The fourth-order valence-electron chi connectivity index (χ4n) is 3.26. The van der Waals surface area contributed by atoms with Gasteiger partial charge in [-0.1, -0.05) is 53.5 Å². The van der Waals surface area contributed by atoms with Crippen molar-refractivity contribution >= 4 is 34.2 Å². The Morgan fingerprint density at radius 2 is 1.95 bits per heavy atom. The Kier molecular flexibility index (Phi) is 3.28. The number of phenolic OH excluding ortho intramolecular Hbond substituents is 1. The van der Waals surface area contributed by atoms with Crippen molar-refractivity contribution in [1.29, 1.82) is 0 Å². The van der Waals surface area contributed by atoms with Crippen molar-refractivity contribution in [2.75, 3.05) is 0 Å². The van der Waals surface area contributed by atoms with E-state index in [1.165, 1.54) is 5.56 Å². The van der Waals surface area contributed by atoms with Gasteiger partial charge in [0.2, 0.25) is 0 Å². The number of hydrogen-bond donors (Lipinski definition) is 1. The van der Waals surface area contributed by atoms with Crippen LogP contribution in [0.2, 0.25) is 10.0 Å². The Labute approximate surface area is 138 Å². The van der Waals surface area contributed by atoms with Gasteiger partial charge in [-0.3, -0.25) is 0 Å². The Hall–Kier alpha value is -1.71. The summed E-state index contributed by atoms with van der Waals surface area (Å²) >= 11 is 12.1. The highest BCUT2D eigenvalue weighted by Crippen LogP contribution is 2.40. The van der Waals surface area contributed by atoms with Crippen LogP contribution in [0.15, 0.2) is 36.4 Å². The first kappa shape index (κ1) is 13.9. The largest absolute Gasteiger partial charge is 0.504 e. The van der Waals surface area contributed by atoms with Gasteiger partial charge in [-0.2, -0.15) is 0 Å². The van der Waals surface area contributed by atoms with E-state index in [0.29, 0.717) is 16.5 Å². The molecule has 22 heavy (non-hydrogen) atoms. The number of benzene rings is 2. The predicted octanol–water partition coefficient (Wildman–Crippen LogP) is 4.78. The molecule has 112 valence electrons. The van der Waals surface area contributed by atoms with Gasteiger partial charge in [-0.15, -0.1) is 0 Å². The number of aryl methyl sites for hydroxylation is 1. The smallest absolute Gasteiger partial charge is 0.163 e. The van der Waals surface area contributed by atoms with Gasteiger partial charge in [0.15, 0.2) is 5.75 Å². The number of fused-ring (bicyclic) bond motifs is 3. The van der Waals surface area contributed by atoms with Crippen LogP contribution in [-0.2, 0) is 13.0 Å². The van der Waals surface area contributed by atoms with Crippen LogP contribution in [0, 0.1) is 0 Å². The summed E-state index contributed by atoms with van der Waals surface area (Å²) in [6, 6.07) is 12.3. The minimum atomic E-state index is -0.0256. The Morgan fingerprint density at radius 1 is 1.18 bits per heavy atom. The molecule has 0 spiro atoms. The number of rotatable bonds is 1. The van der Waals surface area contributed by atoms with Gasteiger partial charge in [0.25, 0.3) is 0 Å². The van der Waals surface area contributed by atoms with Crippen LogP contribution in [-0.4, -0.2) is 14.7 Å². The summed E-state index contributed by atoms with van der Waals surface area (Å²) in [4.78, 5) is 4.60. The Bertz CT molecular complexity index is 858. The molecule has 2 aromatic carbocycles. The molecule has 0 amide bonds. The van der Waals surface area contributed by atoms with Gasteiger partial charge in [0, 0.05) is 13.0 Å². The van der Waals surface area contributed by atoms with E-state index in [0.717, 1.165) is 30.7 Å². The van der Waals surface area contributed by atoms with Crippen molar-refractivity contribution in [1.82, 2.24) is 9.55 Å². The summed E-state index contributed by atoms with van der Waals surface area (Å²) in [7, 11) is 0. The van der Waals surface area contributed by atoms with Crippen molar-refractivity contribution in [3.63, 3.8) is 0 Å². The number of halogens is 2. The highest BCUT2D eigenvalue weighted by atomic mass is 35.5. The number of nitrogens with zero attached hydrogens (tertiary/aromatic N) is 2. The molecule has 0 bridgehead atoms. The van der Waals surface area contributed by atoms with E-state index in [2.05, 4.69) is 33.8 Å². The van der Waals surface area contributed by atoms with Crippen molar-refractivity contribution < 1.29 is 5.11 Å². The normalized spacial score (nSPS) is 17.6. The van der Waals surface area contributed by atoms with Gasteiger partial charge in [0.1, 0.15) is 16.4 Å². The highest BCUT2D eigenvalue weighted by Gasteiger charge is 2.25. The molecule has 0 fully saturated rings. The van der Waals surface area contributed by atoms with E-state index in [1.54, 1.807) is 6.07 Å². The first-order valence-electron chi connectivity index (χ1n) is 7.26. The molecular formula is C17H14Cl2N2O. The standard InChI is InChI=1S/C17H14Cl2N2O/c18-12-9-13-16(17(22)15(12)19)20-14-8-11(6-7-21(13)14)10-4-2-1-3-5-10/h1-5,9,11,22H,6-8H2. The zero-order chi connectivity index (χ0) is 15.3. The Balaban J connectivity index is 1.80. The number of aromatic nitrogens is 2. The van der Waals surface area contributed by atoms with E-state index in [1.807, 2.05) is 6.07 Å². The molecule has 0 aliphatic carbocycles. The fraction of sp³-hybridized carbons (Fsp3) is 0.235. The molecule has 3 aromatic rings. The molecule has 1 aromatic heterocycles. The number of phenols is 1. The minimum Gasteiger partial charge on any atom is -0.504 e. The molecule has 0 radical (unpaired) electrons. The summed E-state index contributed by atoms with van der Waals surface area (Å²) in [5, 5.41) is 10.7. The van der Waals surface area contributed by atoms with E-state index in [-0.39, 0.29) is 10.8 Å². The third kappa shape index (κ3) is 2.08. The summed E-state index contributed by atoms with van der Waals surface area (Å²) in [5.41, 5.74) is 2.73. The van der Waals surface area contributed by atoms with Gasteiger partial charge < -0.3 is 9.67 Å². The van der Waals surface area contributed by atoms with Crippen LogP contribution < -0.4 is 0 Å². The first-order chi connectivity index (χ1) is 10.6. The lowest BCUT2D eigenvalue weighted by atomic mass is 9.90. The predicted molar refractivity (Wildman–Crippen MR) is 88.9 cm³/mol. The zero-order valence-electron chi connectivity index (χ0n) is 11.8. The molecule has 0 saturated carbocycles. The summed E-state index contributed by atoms with van der Waals surface area (Å²) in [6.07, 6.45) is 1.90. The van der Waals surface area contributed by atoms with Gasteiger partial charge in [-0.05, 0) is 24.0 Å². The molecule has 0 saturated heterocycles. The Morgan fingerprint density at radius 3 is 2.73 bits per heavy atom. The third-order valence-electron chi connectivity index (χ3n) is 4.39. The maximum Gasteiger partial charge on any atom is 0.163 e. The molecule has 2 heterocycles.